The van der Waals surface area contributed by atoms with Crippen LogP contribution in [0.3, 0.4) is 0 Å². The van der Waals surface area contributed by atoms with E-state index < -0.39 is 0 Å². The Morgan fingerprint density at radius 1 is 1.38 bits per heavy atom. The van der Waals surface area contributed by atoms with Gasteiger partial charge in [0.25, 0.3) is 0 Å². The van der Waals surface area contributed by atoms with Crippen molar-refractivity contribution in [2.75, 3.05) is 0 Å². The van der Waals surface area contributed by atoms with Gasteiger partial charge in [-0.3, -0.25) is 4.68 Å². The van der Waals surface area contributed by atoms with Gasteiger partial charge in [0, 0.05) is 30.6 Å². The summed E-state index contributed by atoms with van der Waals surface area (Å²) in [5.74, 6) is 0. The first-order valence-electron chi connectivity index (χ1n) is 7.75. The monoisotopic (exact) mass is 283 g/mol. The molecule has 0 bridgehead atoms. The summed E-state index contributed by atoms with van der Waals surface area (Å²) in [5.41, 5.74) is 4.92. The third kappa shape index (κ3) is 2.82. The number of rotatable bonds is 4. The molecule has 1 aliphatic rings. The van der Waals surface area contributed by atoms with Gasteiger partial charge < -0.3 is 5.32 Å². The molecule has 1 fully saturated rings. The van der Waals surface area contributed by atoms with Gasteiger partial charge in [-0.05, 0) is 23.8 Å². The molecule has 1 saturated carbocycles. The molecular formula is C18H25N3. The summed E-state index contributed by atoms with van der Waals surface area (Å²) in [5, 5.41) is 9.48. The Labute approximate surface area is 127 Å². The molecule has 0 saturated heterocycles. The third-order valence-corrected chi connectivity index (χ3v) is 4.12. The van der Waals surface area contributed by atoms with Gasteiger partial charge in [0.1, 0.15) is 0 Å². The van der Waals surface area contributed by atoms with Gasteiger partial charge in [-0.15, -0.1) is 0 Å². The molecule has 0 atom stereocenters. The van der Waals surface area contributed by atoms with Crippen LogP contribution in [0.25, 0.3) is 10.9 Å². The molecule has 1 aliphatic carbocycles. The van der Waals surface area contributed by atoms with E-state index in [9.17, 15) is 0 Å². The Bertz CT molecular complexity index is 684. The SMILES string of the molecule is C=C(Cc1nn(C)c2c(C(C)(C)C)cccc12)NC1CC1. The van der Waals surface area contributed by atoms with E-state index in [2.05, 4.69) is 50.9 Å². The third-order valence-electron chi connectivity index (χ3n) is 4.12. The molecule has 1 N–H and O–H groups in total. The van der Waals surface area contributed by atoms with Crippen LogP contribution >= 0.6 is 0 Å². The number of benzene rings is 1. The van der Waals surface area contributed by atoms with Crippen molar-refractivity contribution < 1.29 is 0 Å². The van der Waals surface area contributed by atoms with Gasteiger partial charge in [-0.2, -0.15) is 5.10 Å². The van der Waals surface area contributed by atoms with Crippen LogP contribution in [0.1, 0.15) is 44.9 Å². The average Bonchev–Trinajstić information content (AvgIpc) is 3.14. The molecule has 21 heavy (non-hydrogen) atoms. The second-order valence-electron chi connectivity index (χ2n) is 7.22. The smallest absolute Gasteiger partial charge is 0.0761 e. The van der Waals surface area contributed by atoms with Crippen molar-refractivity contribution in [2.24, 2.45) is 7.05 Å². The van der Waals surface area contributed by atoms with Crippen molar-refractivity contribution in [3.05, 3.63) is 41.7 Å². The fourth-order valence-electron chi connectivity index (χ4n) is 2.92. The van der Waals surface area contributed by atoms with Gasteiger partial charge >= 0.3 is 0 Å². The Balaban J connectivity index is 1.99. The number of hydrogen-bond donors (Lipinski definition) is 1. The van der Waals surface area contributed by atoms with Gasteiger partial charge in [0.15, 0.2) is 0 Å². The molecule has 2 aromatic rings. The lowest BCUT2D eigenvalue weighted by molar-refractivity contribution is 0.590. The topological polar surface area (TPSA) is 29.9 Å². The Kier molecular flexibility index (Phi) is 3.31. The zero-order valence-electron chi connectivity index (χ0n) is 13.5. The molecular weight excluding hydrogens is 258 g/mol. The Morgan fingerprint density at radius 2 is 2.10 bits per heavy atom. The minimum atomic E-state index is 0.119. The highest BCUT2D eigenvalue weighted by Crippen LogP contribution is 2.31. The van der Waals surface area contributed by atoms with Crippen LogP contribution in [-0.4, -0.2) is 15.8 Å². The van der Waals surface area contributed by atoms with Crippen LogP contribution in [0.15, 0.2) is 30.5 Å². The summed E-state index contributed by atoms with van der Waals surface area (Å²) in [6.45, 7) is 10.9. The summed E-state index contributed by atoms with van der Waals surface area (Å²) in [7, 11) is 2.04. The molecule has 3 heteroatoms. The summed E-state index contributed by atoms with van der Waals surface area (Å²) in [6, 6.07) is 7.19. The van der Waals surface area contributed by atoms with E-state index in [-0.39, 0.29) is 5.41 Å². The summed E-state index contributed by atoms with van der Waals surface area (Å²) in [6.07, 6.45) is 3.35. The van der Waals surface area contributed by atoms with Crippen molar-refractivity contribution in [3.63, 3.8) is 0 Å². The number of hydrogen-bond acceptors (Lipinski definition) is 2. The first kappa shape index (κ1) is 14.2. The minimum absolute atomic E-state index is 0.119. The maximum absolute atomic E-state index is 4.75. The van der Waals surface area contributed by atoms with Crippen molar-refractivity contribution in [2.45, 2.75) is 51.5 Å². The van der Waals surface area contributed by atoms with Crippen LogP contribution in [0, 0.1) is 0 Å². The summed E-state index contributed by atoms with van der Waals surface area (Å²) < 4.78 is 2.02. The molecule has 1 heterocycles. The van der Waals surface area contributed by atoms with E-state index in [0.717, 1.165) is 17.8 Å². The van der Waals surface area contributed by atoms with Gasteiger partial charge in [-0.1, -0.05) is 45.5 Å². The quantitative estimate of drug-likeness (QED) is 0.927. The predicted molar refractivity (Wildman–Crippen MR) is 88.4 cm³/mol. The second kappa shape index (κ2) is 4.90. The number of para-hydroxylation sites is 1. The zero-order chi connectivity index (χ0) is 15.2. The van der Waals surface area contributed by atoms with E-state index in [0.29, 0.717) is 6.04 Å². The van der Waals surface area contributed by atoms with Gasteiger partial charge in [0.2, 0.25) is 0 Å². The van der Waals surface area contributed by atoms with Crippen LogP contribution in [0.5, 0.6) is 0 Å². The lowest BCUT2D eigenvalue weighted by atomic mass is 9.85. The molecule has 112 valence electrons. The average molecular weight is 283 g/mol. The number of fused-ring (bicyclic) bond motifs is 1. The molecule has 0 amide bonds. The first-order chi connectivity index (χ1) is 9.86. The number of nitrogens with zero attached hydrogens (tertiary/aromatic N) is 2. The molecule has 1 aromatic carbocycles. The van der Waals surface area contributed by atoms with Gasteiger partial charge in [0.05, 0.1) is 11.2 Å². The molecule has 0 unspecified atom stereocenters. The Hall–Kier alpha value is -1.77. The lowest BCUT2D eigenvalue weighted by Gasteiger charge is -2.20. The number of nitrogens with one attached hydrogen (secondary N) is 1. The van der Waals surface area contributed by atoms with Crippen LogP contribution in [-0.2, 0) is 18.9 Å². The normalized spacial score (nSPS) is 15.4. The number of aromatic nitrogens is 2. The highest BCUT2D eigenvalue weighted by atomic mass is 15.3. The van der Waals surface area contributed by atoms with Crippen LogP contribution in [0.2, 0.25) is 0 Å². The Morgan fingerprint density at radius 3 is 2.71 bits per heavy atom. The zero-order valence-corrected chi connectivity index (χ0v) is 13.5. The van der Waals surface area contributed by atoms with Crippen LogP contribution in [0.4, 0.5) is 0 Å². The van der Waals surface area contributed by atoms with Gasteiger partial charge in [-0.25, -0.2) is 0 Å². The van der Waals surface area contributed by atoms with E-state index in [1.165, 1.54) is 29.3 Å². The highest BCUT2D eigenvalue weighted by Gasteiger charge is 2.23. The van der Waals surface area contributed by atoms with Crippen molar-refractivity contribution in [1.29, 1.82) is 0 Å². The maximum Gasteiger partial charge on any atom is 0.0761 e. The minimum Gasteiger partial charge on any atom is -0.386 e. The van der Waals surface area contributed by atoms with E-state index >= 15 is 0 Å². The van der Waals surface area contributed by atoms with Crippen molar-refractivity contribution in [3.8, 4) is 0 Å². The van der Waals surface area contributed by atoms with E-state index in [1.54, 1.807) is 0 Å². The molecule has 3 rings (SSSR count). The lowest BCUT2D eigenvalue weighted by Crippen LogP contribution is -2.16. The summed E-state index contributed by atoms with van der Waals surface area (Å²) in [4.78, 5) is 0. The largest absolute Gasteiger partial charge is 0.386 e. The number of aryl methyl sites for hydroxylation is 1. The highest BCUT2D eigenvalue weighted by molar-refractivity contribution is 5.86. The molecule has 0 aliphatic heterocycles. The second-order valence-corrected chi connectivity index (χ2v) is 7.22. The molecule has 0 radical (unpaired) electrons. The summed E-state index contributed by atoms with van der Waals surface area (Å²) >= 11 is 0. The molecule has 0 spiro atoms. The molecule has 3 nitrogen and oxygen atoms in total. The fraction of sp³-hybridized carbons (Fsp3) is 0.500. The first-order valence-corrected chi connectivity index (χ1v) is 7.75. The predicted octanol–water partition coefficient (Wildman–Crippen LogP) is 3.68. The standard InChI is InChI=1S/C18H25N3/c1-12(19-13-9-10-13)11-16-14-7-6-8-15(18(2,3)4)17(14)21(5)20-16/h6-8,13,19H,1,9-11H2,2-5H3. The van der Waals surface area contributed by atoms with Crippen LogP contribution < -0.4 is 5.32 Å². The number of allylic oxidation sites excluding steroid dienone is 1. The van der Waals surface area contributed by atoms with E-state index in [1.807, 2.05) is 11.7 Å². The maximum atomic E-state index is 4.75. The van der Waals surface area contributed by atoms with Crippen molar-refractivity contribution >= 4 is 10.9 Å². The van der Waals surface area contributed by atoms with Crippen molar-refractivity contribution in [1.82, 2.24) is 15.1 Å². The fourth-order valence-corrected chi connectivity index (χ4v) is 2.92. The van der Waals surface area contributed by atoms with E-state index in [4.69, 9.17) is 5.10 Å². The molecule has 1 aromatic heterocycles.